The SMILES string of the molecule is CC(=O)NC1CCN(c2cc(-c3ccc(OC(F)(F)F)c(F)c3)ncc2C)CC1. The third kappa shape index (κ3) is 5.36. The van der Waals surface area contributed by atoms with Crippen molar-refractivity contribution in [1.29, 1.82) is 0 Å². The zero-order chi connectivity index (χ0) is 21.2. The third-order valence-electron chi connectivity index (χ3n) is 4.77. The van der Waals surface area contributed by atoms with Gasteiger partial charge in [-0.25, -0.2) is 4.39 Å². The highest BCUT2D eigenvalue weighted by Crippen LogP contribution is 2.32. The summed E-state index contributed by atoms with van der Waals surface area (Å²) in [5.41, 5.74) is 2.66. The van der Waals surface area contributed by atoms with E-state index in [2.05, 4.69) is 19.9 Å². The number of carbonyl (C=O) groups is 1. The van der Waals surface area contributed by atoms with E-state index >= 15 is 0 Å². The lowest BCUT2D eigenvalue weighted by Gasteiger charge is -2.34. The van der Waals surface area contributed by atoms with Gasteiger partial charge in [-0.2, -0.15) is 0 Å². The zero-order valence-electron chi connectivity index (χ0n) is 16.0. The molecule has 0 saturated carbocycles. The number of carbonyl (C=O) groups excluding carboxylic acids is 1. The van der Waals surface area contributed by atoms with Gasteiger partial charge in [0.1, 0.15) is 0 Å². The molecule has 29 heavy (non-hydrogen) atoms. The van der Waals surface area contributed by atoms with Crippen LogP contribution in [0.15, 0.2) is 30.5 Å². The Bertz CT molecular complexity index is 894. The Morgan fingerprint density at radius 3 is 2.52 bits per heavy atom. The summed E-state index contributed by atoms with van der Waals surface area (Å²) in [4.78, 5) is 17.7. The van der Waals surface area contributed by atoms with Gasteiger partial charge in [0, 0.05) is 43.5 Å². The molecule has 0 spiro atoms. The van der Waals surface area contributed by atoms with Gasteiger partial charge < -0.3 is 15.0 Å². The van der Waals surface area contributed by atoms with E-state index in [4.69, 9.17) is 0 Å². The number of amides is 1. The highest BCUT2D eigenvalue weighted by atomic mass is 19.4. The number of aromatic nitrogens is 1. The first kappa shape index (κ1) is 20.9. The monoisotopic (exact) mass is 411 g/mol. The van der Waals surface area contributed by atoms with Gasteiger partial charge in [0.2, 0.25) is 5.91 Å². The number of halogens is 4. The molecule has 1 aliphatic heterocycles. The first-order valence-electron chi connectivity index (χ1n) is 9.17. The normalized spacial score (nSPS) is 15.3. The number of alkyl halides is 3. The number of rotatable bonds is 4. The summed E-state index contributed by atoms with van der Waals surface area (Å²) in [5.74, 6) is -2.04. The minimum atomic E-state index is -4.96. The summed E-state index contributed by atoms with van der Waals surface area (Å²) in [7, 11) is 0. The Labute approximate surface area is 165 Å². The molecule has 5 nitrogen and oxygen atoms in total. The minimum Gasteiger partial charge on any atom is -0.403 e. The summed E-state index contributed by atoms with van der Waals surface area (Å²) in [6, 6.07) is 5.20. The van der Waals surface area contributed by atoms with Crippen LogP contribution in [0, 0.1) is 12.7 Å². The molecule has 0 radical (unpaired) electrons. The Morgan fingerprint density at radius 1 is 1.24 bits per heavy atom. The Morgan fingerprint density at radius 2 is 1.93 bits per heavy atom. The lowest BCUT2D eigenvalue weighted by molar-refractivity contribution is -0.275. The van der Waals surface area contributed by atoms with Crippen LogP contribution >= 0.6 is 0 Å². The number of hydrogen-bond acceptors (Lipinski definition) is 4. The van der Waals surface area contributed by atoms with E-state index in [1.807, 2.05) is 6.92 Å². The van der Waals surface area contributed by atoms with Crippen molar-refractivity contribution in [2.45, 2.75) is 39.1 Å². The highest BCUT2D eigenvalue weighted by molar-refractivity contribution is 5.73. The average molecular weight is 411 g/mol. The van der Waals surface area contributed by atoms with E-state index in [-0.39, 0.29) is 11.9 Å². The molecule has 1 amide bonds. The highest BCUT2D eigenvalue weighted by Gasteiger charge is 2.32. The van der Waals surface area contributed by atoms with Crippen LogP contribution in [0.2, 0.25) is 0 Å². The number of piperidine rings is 1. The van der Waals surface area contributed by atoms with E-state index in [0.717, 1.165) is 49.3 Å². The van der Waals surface area contributed by atoms with Crippen molar-refractivity contribution in [3.05, 3.63) is 41.8 Å². The summed E-state index contributed by atoms with van der Waals surface area (Å²) >= 11 is 0. The van der Waals surface area contributed by atoms with Crippen molar-refractivity contribution < 1.29 is 27.1 Å². The van der Waals surface area contributed by atoms with Gasteiger partial charge in [0.15, 0.2) is 11.6 Å². The number of nitrogens with zero attached hydrogens (tertiary/aromatic N) is 2. The molecule has 0 aliphatic carbocycles. The number of pyridine rings is 1. The van der Waals surface area contributed by atoms with Crippen LogP contribution in [-0.4, -0.2) is 36.4 Å². The molecule has 3 rings (SSSR count). The fourth-order valence-electron chi connectivity index (χ4n) is 3.43. The Balaban J connectivity index is 1.79. The zero-order valence-corrected chi connectivity index (χ0v) is 16.0. The van der Waals surface area contributed by atoms with Crippen LogP contribution in [0.4, 0.5) is 23.2 Å². The standard InChI is InChI=1S/C20H21F4N3O2/c1-12-11-25-17(14-3-4-19(16(21)9-14)29-20(22,23)24)10-18(12)27-7-5-15(6-8-27)26-13(2)28/h3-4,9-11,15H,5-8H2,1-2H3,(H,26,28). The van der Waals surface area contributed by atoms with E-state index in [1.54, 1.807) is 12.3 Å². The molecule has 1 aromatic heterocycles. The number of anilines is 1. The van der Waals surface area contributed by atoms with Gasteiger partial charge >= 0.3 is 6.36 Å². The number of ether oxygens (including phenoxy) is 1. The quantitative estimate of drug-likeness (QED) is 0.767. The van der Waals surface area contributed by atoms with Crippen LogP contribution in [0.3, 0.4) is 0 Å². The summed E-state index contributed by atoms with van der Waals surface area (Å²) in [5, 5.41) is 2.92. The van der Waals surface area contributed by atoms with Crippen molar-refractivity contribution in [1.82, 2.24) is 10.3 Å². The fraction of sp³-hybridized carbons (Fsp3) is 0.400. The second-order valence-electron chi connectivity index (χ2n) is 7.01. The second kappa shape index (κ2) is 8.26. The van der Waals surface area contributed by atoms with Crippen molar-refractivity contribution in [2.75, 3.05) is 18.0 Å². The maximum absolute atomic E-state index is 14.1. The van der Waals surface area contributed by atoms with Gasteiger partial charge in [-0.15, -0.1) is 13.2 Å². The van der Waals surface area contributed by atoms with Gasteiger partial charge in [-0.3, -0.25) is 9.78 Å². The predicted molar refractivity (Wildman–Crippen MR) is 100 cm³/mol. The topological polar surface area (TPSA) is 54.5 Å². The molecule has 1 saturated heterocycles. The van der Waals surface area contributed by atoms with E-state index in [9.17, 15) is 22.4 Å². The van der Waals surface area contributed by atoms with Gasteiger partial charge in [0.25, 0.3) is 0 Å². The predicted octanol–water partition coefficient (Wildman–Crippen LogP) is 4.20. The van der Waals surface area contributed by atoms with E-state index in [1.165, 1.54) is 13.0 Å². The van der Waals surface area contributed by atoms with Crippen molar-refractivity contribution >= 4 is 11.6 Å². The Kier molecular flexibility index (Phi) is 5.95. The van der Waals surface area contributed by atoms with Crippen LogP contribution in [0.1, 0.15) is 25.3 Å². The molecule has 1 N–H and O–H groups in total. The fourth-order valence-corrected chi connectivity index (χ4v) is 3.43. The lowest BCUT2D eigenvalue weighted by Crippen LogP contribution is -2.44. The molecule has 9 heteroatoms. The van der Waals surface area contributed by atoms with Crippen LogP contribution in [-0.2, 0) is 4.79 Å². The summed E-state index contributed by atoms with van der Waals surface area (Å²) < 4.78 is 54.7. The molecule has 1 fully saturated rings. The average Bonchev–Trinajstić information content (AvgIpc) is 2.63. The molecule has 156 valence electrons. The number of hydrogen-bond donors (Lipinski definition) is 1. The second-order valence-corrected chi connectivity index (χ2v) is 7.01. The molecule has 0 unspecified atom stereocenters. The Hall–Kier alpha value is -2.84. The lowest BCUT2D eigenvalue weighted by atomic mass is 10.0. The van der Waals surface area contributed by atoms with Crippen LogP contribution < -0.4 is 15.0 Å². The molecular weight excluding hydrogens is 390 g/mol. The molecule has 0 bridgehead atoms. The third-order valence-corrected chi connectivity index (χ3v) is 4.77. The molecule has 2 heterocycles. The number of benzene rings is 1. The molecule has 2 aromatic rings. The van der Waals surface area contributed by atoms with Crippen molar-refractivity contribution in [3.8, 4) is 17.0 Å². The van der Waals surface area contributed by atoms with Crippen molar-refractivity contribution in [2.24, 2.45) is 0 Å². The van der Waals surface area contributed by atoms with Gasteiger partial charge in [0.05, 0.1) is 5.69 Å². The molecular formula is C20H21F4N3O2. The van der Waals surface area contributed by atoms with E-state index < -0.39 is 17.9 Å². The molecule has 0 atom stereocenters. The summed E-state index contributed by atoms with van der Waals surface area (Å²) in [6.45, 7) is 4.88. The van der Waals surface area contributed by atoms with Gasteiger partial charge in [-0.1, -0.05) is 0 Å². The van der Waals surface area contributed by atoms with Crippen LogP contribution in [0.25, 0.3) is 11.3 Å². The maximum atomic E-state index is 14.1. The van der Waals surface area contributed by atoms with Crippen LogP contribution in [0.5, 0.6) is 5.75 Å². The minimum absolute atomic E-state index is 0.0502. The first-order valence-corrected chi connectivity index (χ1v) is 9.17. The number of nitrogens with one attached hydrogen (secondary N) is 1. The molecule has 1 aliphatic rings. The first-order chi connectivity index (χ1) is 13.6. The summed E-state index contributed by atoms with van der Waals surface area (Å²) in [6.07, 6.45) is -1.70. The van der Waals surface area contributed by atoms with Gasteiger partial charge in [-0.05, 0) is 49.6 Å². The largest absolute Gasteiger partial charge is 0.573 e. The number of aryl methyl sites for hydroxylation is 1. The maximum Gasteiger partial charge on any atom is 0.573 e. The van der Waals surface area contributed by atoms with Crippen molar-refractivity contribution in [3.63, 3.8) is 0 Å². The smallest absolute Gasteiger partial charge is 0.403 e. The van der Waals surface area contributed by atoms with E-state index in [0.29, 0.717) is 11.3 Å². The molecule has 1 aromatic carbocycles.